The number of benzene rings is 1. The molecule has 4 aromatic rings. The molecule has 3 N–H and O–H groups in total. The number of nitrogens with two attached hydrogens (primary N) is 1. The minimum Gasteiger partial charge on any atom is -0.431 e. The predicted octanol–water partition coefficient (Wildman–Crippen LogP) is 3.91. The van der Waals surface area contributed by atoms with E-state index in [1.54, 1.807) is 29.8 Å². The minimum atomic E-state index is -3.36. The van der Waals surface area contributed by atoms with E-state index in [9.17, 15) is 4.57 Å². The van der Waals surface area contributed by atoms with Gasteiger partial charge in [-0.1, -0.05) is 18.2 Å². The molecule has 180 valence electrons. The Morgan fingerprint density at radius 1 is 1.21 bits per heavy atom. The summed E-state index contributed by atoms with van der Waals surface area (Å²) in [6.45, 7) is 3.58. The second kappa shape index (κ2) is 11.5. The lowest BCUT2D eigenvalue weighted by molar-refractivity contribution is 0.0815. The molecule has 0 aliphatic rings. The highest BCUT2D eigenvalue weighted by molar-refractivity contribution is 7.57. The molecule has 3 aromatic heterocycles. The van der Waals surface area contributed by atoms with Crippen LogP contribution >= 0.6 is 18.9 Å². The lowest BCUT2D eigenvalue weighted by atomic mass is 10.3. The van der Waals surface area contributed by atoms with E-state index in [-0.39, 0.29) is 12.5 Å². The van der Waals surface area contributed by atoms with Gasteiger partial charge in [-0.2, -0.15) is 11.3 Å². The Balaban J connectivity index is 1.33. The van der Waals surface area contributed by atoms with E-state index < -0.39 is 7.52 Å². The molecule has 0 radical (unpaired) electrons. The molecular weight excluding hydrogens is 475 g/mol. The third kappa shape index (κ3) is 6.62. The van der Waals surface area contributed by atoms with Crippen LogP contribution < -0.4 is 15.3 Å². The molecule has 3 heterocycles. The number of imidazole rings is 1. The molecule has 0 amide bonds. The molecule has 10 nitrogen and oxygen atoms in total. The van der Waals surface area contributed by atoms with Crippen molar-refractivity contribution in [2.75, 3.05) is 25.2 Å². The third-order valence-corrected chi connectivity index (χ3v) is 7.29. The Morgan fingerprint density at radius 2 is 2.06 bits per heavy atom. The first kappa shape index (κ1) is 24.3. The SMILES string of the molecule is C[C@H](Cn1cnc2c(N)ncnc21)OCP(=O)(NCCOCc1ccsc1)Oc1ccccc1. The molecule has 1 unspecified atom stereocenters. The smallest absolute Gasteiger partial charge is 0.342 e. The van der Waals surface area contributed by atoms with E-state index in [1.165, 1.54) is 6.33 Å². The van der Waals surface area contributed by atoms with Gasteiger partial charge < -0.3 is 24.3 Å². The standard InChI is InChI=1S/C22H27N6O4PS/c1-17(11-28-15-26-20-21(23)24-14-25-22(20)28)31-16-33(29,32-19-5-3-2-4-6-19)27-8-9-30-12-18-7-10-34-13-18/h2-7,10,13-15,17H,8-9,11-12,16H2,1H3,(H,27,29)(H2,23,24,25)/t17-,33?/m1/s1. The number of para-hydroxylation sites is 1. The van der Waals surface area contributed by atoms with Crippen molar-refractivity contribution in [3.63, 3.8) is 0 Å². The number of aromatic nitrogens is 4. The van der Waals surface area contributed by atoms with Crippen LogP contribution in [0.3, 0.4) is 0 Å². The first-order valence-corrected chi connectivity index (χ1v) is 13.5. The number of nitrogens with zero attached hydrogens (tertiary/aromatic N) is 4. The Kier molecular flexibility index (Phi) is 8.25. The highest BCUT2D eigenvalue weighted by Crippen LogP contribution is 2.43. The van der Waals surface area contributed by atoms with Gasteiger partial charge in [0.15, 0.2) is 11.5 Å². The molecular formula is C22H27N6O4PS. The molecule has 0 spiro atoms. The Bertz CT molecular complexity index is 1220. The zero-order chi connectivity index (χ0) is 23.8. The van der Waals surface area contributed by atoms with E-state index in [0.717, 1.165) is 5.56 Å². The molecule has 4 rings (SSSR count). The van der Waals surface area contributed by atoms with Gasteiger partial charge in [0.2, 0.25) is 0 Å². The summed E-state index contributed by atoms with van der Waals surface area (Å²) in [6.07, 6.45) is 2.63. The highest BCUT2D eigenvalue weighted by Gasteiger charge is 2.26. The van der Waals surface area contributed by atoms with Crippen molar-refractivity contribution in [1.29, 1.82) is 0 Å². The van der Waals surface area contributed by atoms with E-state index in [2.05, 4.69) is 20.0 Å². The quantitative estimate of drug-likeness (QED) is 0.207. The number of thiophene rings is 1. The fraction of sp³-hybridized carbons (Fsp3) is 0.318. The fourth-order valence-corrected chi connectivity index (χ4v) is 5.40. The predicted molar refractivity (Wildman–Crippen MR) is 132 cm³/mol. The van der Waals surface area contributed by atoms with Crippen molar-refractivity contribution in [1.82, 2.24) is 24.6 Å². The van der Waals surface area contributed by atoms with E-state index in [4.69, 9.17) is 19.7 Å². The summed E-state index contributed by atoms with van der Waals surface area (Å²) in [4.78, 5) is 12.5. The average molecular weight is 503 g/mol. The normalized spacial score (nSPS) is 14.1. The van der Waals surface area contributed by atoms with Gasteiger partial charge in [0.1, 0.15) is 23.9 Å². The molecule has 12 heteroatoms. The molecule has 0 aliphatic heterocycles. The van der Waals surface area contributed by atoms with Crippen molar-refractivity contribution < 1.29 is 18.6 Å². The lowest BCUT2D eigenvalue weighted by Crippen LogP contribution is -2.25. The van der Waals surface area contributed by atoms with Gasteiger partial charge in [0.05, 0.1) is 32.2 Å². The summed E-state index contributed by atoms with van der Waals surface area (Å²) in [5.41, 5.74) is 8.13. The summed E-state index contributed by atoms with van der Waals surface area (Å²) in [5.74, 6) is 0.824. The lowest BCUT2D eigenvalue weighted by Gasteiger charge is -2.23. The Labute approximate surface area is 201 Å². The van der Waals surface area contributed by atoms with Crippen LogP contribution in [-0.2, 0) is 27.2 Å². The number of anilines is 1. The van der Waals surface area contributed by atoms with Crippen LogP contribution in [0, 0.1) is 0 Å². The van der Waals surface area contributed by atoms with Crippen LogP contribution in [0.1, 0.15) is 12.5 Å². The van der Waals surface area contributed by atoms with Gasteiger partial charge >= 0.3 is 7.52 Å². The van der Waals surface area contributed by atoms with Crippen LogP contribution in [0.2, 0.25) is 0 Å². The van der Waals surface area contributed by atoms with Gasteiger partial charge in [-0.3, -0.25) is 4.57 Å². The van der Waals surface area contributed by atoms with E-state index in [1.807, 2.05) is 46.5 Å². The van der Waals surface area contributed by atoms with Crippen LogP contribution in [-0.4, -0.2) is 45.1 Å². The fourth-order valence-electron chi connectivity index (χ4n) is 3.20. The summed E-state index contributed by atoms with van der Waals surface area (Å²) >= 11 is 1.62. The van der Waals surface area contributed by atoms with Crippen molar-refractivity contribution in [3.05, 3.63) is 65.4 Å². The van der Waals surface area contributed by atoms with E-state index >= 15 is 0 Å². The van der Waals surface area contributed by atoms with Gasteiger partial charge in [0, 0.05) is 6.54 Å². The maximum atomic E-state index is 13.6. The molecule has 0 saturated heterocycles. The molecule has 2 atom stereocenters. The maximum Gasteiger partial charge on any atom is 0.342 e. The number of hydrogen-bond acceptors (Lipinski definition) is 9. The zero-order valence-corrected chi connectivity index (χ0v) is 20.5. The first-order chi connectivity index (χ1) is 16.5. The van der Waals surface area contributed by atoms with Crippen molar-refractivity contribution >= 4 is 35.8 Å². The van der Waals surface area contributed by atoms with Gasteiger partial charge in [0.25, 0.3) is 0 Å². The summed E-state index contributed by atoms with van der Waals surface area (Å²) in [6, 6.07) is 11.0. The number of rotatable bonds is 13. The minimum absolute atomic E-state index is 0.114. The highest BCUT2D eigenvalue weighted by atomic mass is 32.1. The zero-order valence-electron chi connectivity index (χ0n) is 18.7. The van der Waals surface area contributed by atoms with Gasteiger partial charge in [-0.25, -0.2) is 20.0 Å². The topological polar surface area (TPSA) is 126 Å². The van der Waals surface area contributed by atoms with Crippen LogP contribution in [0.25, 0.3) is 11.2 Å². The third-order valence-electron chi connectivity index (χ3n) is 4.86. The number of ether oxygens (including phenoxy) is 2. The van der Waals surface area contributed by atoms with Crippen molar-refractivity contribution in [2.24, 2.45) is 0 Å². The van der Waals surface area contributed by atoms with E-state index in [0.29, 0.717) is 49.0 Å². The molecule has 0 bridgehead atoms. The molecule has 34 heavy (non-hydrogen) atoms. The Morgan fingerprint density at radius 3 is 2.85 bits per heavy atom. The Hall–Kier alpha value is -2.82. The number of fused-ring (bicyclic) bond motifs is 1. The van der Waals surface area contributed by atoms with Gasteiger partial charge in [-0.05, 0) is 41.4 Å². The molecule has 0 aliphatic carbocycles. The number of hydrogen-bond donors (Lipinski definition) is 2. The molecule has 0 saturated carbocycles. The van der Waals surface area contributed by atoms with Crippen LogP contribution in [0.15, 0.2) is 59.8 Å². The molecule has 1 aromatic carbocycles. The first-order valence-electron chi connectivity index (χ1n) is 10.7. The largest absolute Gasteiger partial charge is 0.431 e. The summed E-state index contributed by atoms with van der Waals surface area (Å²) in [5, 5.41) is 7.05. The van der Waals surface area contributed by atoms with Crippen LogP contribution in [0.4, 0.5) is 5.82 Å². The average Bonchev–Trinajstić information content (AvgIpc) is 3.49. The van der Waals surface area contributed by atoms with Crippen molar-refractivity contribution in [2.45, 2.75) is 26.2 Å². The second-order valence-corrected chi connectivity index (χ2v) is 10.5. The summed E-state index contributed by atoms with van der Waals surface area (Å²) in [7, 11) is -3.36. The second-order valence-electron chi connectivity index (χ2n) is 7.60. The monoisotopic (exact) mass is 502 g/mol. The van der Waals surface area contributed by atoms with Crippen LogP contribution in [0.5, 0.6) is 5.75 Å². The van der Waals surface area contributed by atoms with Crippen molar-refractivity contribution in [3.8, 4) is 5.75 Å². The molecule has 0 fully saturated rings. The van der Waals surface area contributed by atoms with Gasteiger partial charge in [-0.15, -0.1) is 0 Å². The maximum absolute atomic E-state index is 13.6. The summed E-state index contributed by atoms with van der Waals surface area (Å²) < 4.78 is 32.8. The number of nitrogens with one attached hydrogen (secondary N) is 1. The number of nitrogen functional groups attached to an aromatic ring is 1.